The maximum Gasteiger partial charge on any atom is 0.326 e. The minimum Gasteiger partial charge on any atom is -0.480 e. The van der Waals surface area contributed by atoms with Gasteiger partial charge >= 0.3 is 12.0 Å². The number of urea groups is 1. The van der Waals surface area contributed by atoms with Crippen LogP contribution < -0.4 is 10.6 Å². The van der Waals surface area contributed by atoms with Crippen LogP contribution >= 0.6 is 0 Å². The largest absolute Gasteiger partial charge is 0.480 e. The van der Waals surface area contributed by atoms with E-state index in [1.165, 1.54) is 6.08 Å². The molecule has 1 aliphatic heterocycles. The average Bonchev–Trinajstić information content (AvgIpc) is 2.33. The summed E-state index contributed by atoms with van der Waals surface area (Å²) >= 11 is 0. The number of aliphatic carboxylic acids is 1. The van der Waals surface area contributed by atoms with Crippen molar-refractivity contribution in [3.05, 3.63) is 12.7 Å². The predicted molar refractivity (Wildman–Crippen MR) is 73.0 cm³/mol. The van der Waals surface area contributed by atoms with Crippen LogP contribution in [0.25, 0.3) is 0 Å². The highest BCUT2D eigenvalue weighted by atomic mass is 16.4. The third-order valence-electron chi connectivity index (χ3n) is 3.55. The normalized spacial score (nSPS) is 25.4. The molecule has 108 valence electrons. The highest BCUT2D eigenvalue weighted by Gasteiger charge is 2.25. The highest BCUT2D eigenvalue weighted by Crippen LogP contribution is 2.15. The van der Waals surface area contributed by atoms with Crippen molar-refractivity contribution in [1.82, 2.24) is 15.5 Å². The fourth-order valence-corrected chi connectivity index (χ4v) is 2.19. The van der Waals surface area contributed by atoms with E-state index in [9.17, 15) is 9.59 Å². The van der Waals surface area contributed by atoms with Gasteiger partial charge in [-0.25, -0.2) is 9.59 Å². The Kier molecular flexibility index (Phi) is 5.82. The van der Waals surface area contributed by atoms with Crippen molar-refractivity contribution in [2.75, 3.05) is 13.6 Å². The SMILES string of the molecule is C=CCC(NC(=O)NC1CCN(C)C(C)C1)C(=O)O. The topological polar surface area (TPSA) is 81.7 Å². The molecule has 1 saturated heterocycles. The monoisotopic (exact) mass is 269 g/mol. The van der Waals surface area contributed by atoms with Crippen molar-refractivity contribution in [2.45, 2.75) is 44.3 Å². The first-order valence-corrected chi connectivity index (χ1v) is 6.55. The molecule has 3 N–H and O–H groups in total. The molecule has 3 atom stereocenters. The lowest BCUT2D eigenvalue weighted by Gasteiger charge is -2.35. The zero-order chi connectivity index (χ0) is 14.4. The van der Waals surface area contributed by atoms with Crippen LogP contribution in [0.5, 0.6) is 0 Å². The van der Waals surface area contributed by atoms with Gasteiger partial charge < -0.3 is 20.6 Å². The molecule has 6 nitrogen and oxygen atoms in total. The van der Waals surface area contributed by atoms with E-state index in [0.29, 0.717) is 6.04 Å². The van der Waals surface area contributed by atoms with Crippen LogP contribution in [-0.4, -0.2) is 53.7 Å². The molecule has 2 amide bonds. The van der Waals surface area contributed by atoms with Crippen LogP contribution in [-0.2, 0) is 4.79 Å². The molecule has 0 aromatic rings. The molecule has 1 fully saturated rings. The number of carboxylic acid groups (broad SMARTS) is 1. The molecule has 1 rings (SSSR count). The van der Waals surface area contributed by atoms with Crippen LogP contribution in [0.4, 0.5) is 4.79 Å². The van der Waals surface area contributed by atoms with Gasteiger partial charge in [0, 0.05) is 18.6 Å². The summed E-state index contributed by atoms with van der Waals surface area (Å²) in [6.45, 7) is 6.53. The Hall–Kier alpha value is -1.56. The molecule has 0 saturated carbocycles. The number of nitrogens with zero attached hydrogens (tertiary/aromatic N) is 1. The second kappa shape index (κ2) is 7.13. The summed E-state index contributed by atoms with van der Waals surface area (Å²) in [4.78, 5) is 24.9. The summed E-state index contributed by atoms with van der Waals surface area (Å²) in [6.07, 6.45) is 3.46. The molecular formula is C13H23N3O3. The van der Waals surface area contributed by atoms with Crippen molar-refractivity contribution < 1.29 is 14.7 Å². The molecule has 3 unspecified atom stereocenters. The molecule has 0 aromatic carbocycles. The number of carboxylic acids is 1. The quantitative estimate of drug-likeness (QED) is 0.645. The van der Waals surface area contributed by atoms with E-state index in [0.717, 1.165) is 19.4 Å². The molecule has 1 heterocycles. The van der Waals surface area contributed by atoms with Crippen molar-refractivity contribution in [1.29, 1.82) is 0 Å². The highest BCUT2D eigenvalue weighted by molar-refractivity contribution is 5.82. The summed E-state index contributed by atoms with van der Waals surface area (Å²) in [6, 6.07) is -0.816. The number of carbonyl (C=O) groups is 2. The zero-order valence-electron chi connectivity index (χ0n) is 11.6. The second-order valence-corrected chi connectivity index (χ2v) is 5.08. The third kappa shape index (κ3) is 4.90. The van der Waals surface area contributed by atoms with E-state index in [-0.39, 0.29) is 12.5 Å². The van der Waals surface area contributed by atoms with Gasteiger partial charge in [-0.15, -0.1) is 6.58 Å². The van der Waals surface area contributed by atoms with E-state index in [2.05, 4.69) is 36.1 Å². The standard InChI is InChI=1S/C13H23N3O3/c1-4-5-11(12(17)18)15-13(19)14-10-6-7-16(3)9(2)8-10/h4,9-11H,1,5-8H2,2-3H3,(H,17,18)(H2,14,15,19). The smallest absolute Gasteiger partial charge is 0.326 e. The van der Waals surface area contributed by atoms with Crippen LogP contribution in [0.2, 0.25) is 0 Å². The summed E-state index contributed by atoms with van der Waals surface area (Å²) in [5.74, 6) is -1.05. The summed E-state index contributed by atoms with van der Waals surface area (Å²) < 4.78 is 0. The number of nitrogens with one attached hydrogen (secondary N) is 2. The Labute approximate surface area is 113 Å². The average molecular weight is 269 g/mol. The van der Waals surface area contributed by atoms with Crippen molar-refractivity contribution in [2.24, 2.45) is 0 Å². The minimum atomic E-state index is -1.05. The number of likely N-dealkylation sites (tertiary alicyclic amines) is 1. The number of hydrogen-bond donors (Lipinski definition) is 3. The molecule has 1 aliphatic rings. The zero-order valence-corrected chi connectivity index (χ0v) is 11.6. The van der Waals surface area contributed by atoms with Gasteiger partial charge in [-0.05, 0) is 33.2 Å². The van der Waals surface area contributed by atoms with Crippen molar-refractivity contribution in [3.63, 3.8) is 0 Å². The molecule has 0 radical (unpaired) electrons. The lowest BCUT2D eigenvalue weighted by Crippen LogP contribution is -2.52. The van der Waals surface area contributed by atoms with E-state index in [1.807, 2.05) is 0 Å². The Bertz CT molecular complexity index is 346. The molecule has 0 spiro atoms. The first-order chi connectivity index (χ1) is 8.93. The molecule has 0 bridgehead atoms. The Morgan fingerprint density at radius 3 is 2.79 bits per heavy atom. The second-order valence-electron chi connectivity index (χ2n) is 5.08. The fraction of sp³-hybridized carbons (Fsp3) is 0.692. The summed E-state index contributed by atoms with van der Waals surface area (Å²) in [7, 11) is 2.06. The van der Waals surface area contributed by atoms with Gasteiger partial charge in [0.15, 0.2) is 0 Å². The van der Waals surface area contributed by atoms with Gasteiger partial charge in [-0.1, -0.05) is 6.08 Å². The summed E-state index contributed by atoms with van der Waals surface area (Å²) in [5.41, 5.74) is 0. The van der Waals surface area contributed by atoms with Gasteiger partial charge in [-0.2, -0.15) is 0 Å². The molecule has 6 heteroatoms. The van der Waals surface area contributed by atoms with Crippen LogP contribution in [0.15, 0.2) is 12.7 Å². The number of hydrogen-bond acceptors (Lipinski definition) is 3. The number of carbonyl (C=O) groups excluding carboxylic acids is 1. The van der Waals surface area contributed by atoms with E-state index in [1.54, 1.807) is 0 Å². The lowest BCUT2D eigenvalue weighted by molar-refractivity contribution is -0.139. The third-order valence-corrected chi connectivity index (χ3v) is 3.55. The first-order valence-electron chi connectivity index (χ1n) is 6.55. The Morgan fingerprint density at radius 1 is 1.58 bits per heavy atom. The Morgan fingerprint density at radius 2 is 2.26 bits per heavy atom. The maximum atomic E-state index is 11.8. The van der Waals surface area contributed by atoms with Gasteiger partial charge in [0.2, 0.25) is 0 Å². The molecular weight excluding hydrogens is 246 g/mol. The van der Waals surface area contributed by atoms with Gasteiger partial charge in [-0.3, -0.25) is 0 Å². The fourth-order valence-electron chi connectivity index (χ4n) is 2.19. The van der Waals surface area contributed by atoms with Gasteiger partial charge in [0.05, 0.1) is 0 Å². The van der Waals surface area contributed by atoms with Crippen molar-refractivity contribution >= 4 is 12.0 Å². The van der Waals surface area contributed by atoms with E-state index in [4.69, 9.17) is 5.11 Å². The van der Waals surface area contributed by atoms with Crippen LogP contribution in [0, 0.1) is 0 Å². The van der Waals surface area contributed by atoms with E-state index >= 15 is 0 Å². The van der Waals surface area contributed by atoms with Crippen molar-refractivity contribution in [3.8, 4) is 0 Å². The predicted octanol–water partition coefficient (Wildman–Crippen LogP) is 0.798. The number of amides is 2. The number of rotatable bonds is 5. The van der Waals surface area contributed by atoms with Crippen LogP contribution in [0.3, 0.4) is 0 Å². The molecule has 0 aliphatic carbocycles. The van der Waals surface area contributed by atoms with Crippen LogP contribution in [0.1, 0.15) is 26.2 Å². The molecule has 19 heavy (non-hydrogen) atoms. The number of piperidine rings is 1. The Balaban J connectivity index is 2.42. The first kappa shape index (κ1) is 15.5. The summed E-state index contributed by atoms with van der Waals surface area (Å²) in [5, 5.41) is 14.2. The lowest BCUT2D eigenvalue weighted by atomic mass is 9.99. The molecule has 0 aromatic heterocycles. The van der Waals surface area contributed by atoms with E-state index < -0.39 is 18.0 Å². The van der Waals surface area contributed by atoms with Gasteiger partial charge in [0.1, 0.15) is 6.04 Å². The van der Waals surface area contributed by atoms with Gasteiger partial charge in [0.25, 0.3) is 0 Å². The minimum absolute atomic E-state index is 0.101. The maximum absolute atomic E-state index is 11.8.